The SMILES string of the molecule is N#C/C(=C/c1ccc(N2CCCCC2)c(F)c1)C(=O)Nc1ccc(O)cc1. The Hall–Kier alpha value is -3.33. The second kappa shape index (κ2) is 8.37. The average Bonchev–Trinajstić information content (AvgIpc) is 2.68. The molecule has 0 bridgehead atoms. The molecule has 0 spiro atoms. The maximum Gasteiger partial charge on any atom is 0.266 e. The third-order valence-corrected chi connectivity index (χ3v) is 4.47. The average molecular weight is 365 g/mol. The summed E-state index contributed by atoms with van der Waals surface area (Å²) in [5.74, 6) is -0.876. The molecule has 0 aliphatic carbocycles. The number of hydrogen-bond acceptors (Lipinski definition) is 4. The summed E-state index contributed by atoms with van der Waals surface area (Å²) in [7, 11) is 0. The van der Waals surface area contributed by atoms with Crippen LogP contribution in [-0.2, 0) is 4.79 Å². The van der Waals surface area contributed by atoms with Crippen molar-refractivity contribution < 1.29 is 14.3 Å². The molecule has 0 atom stereocenters. The second-order valence-corrected chi connectivity index (χ2v) is 6.43. The summed E-state index contributed by atoms with van der Waals surface area (Å²) < 4.78 is 14.5. The summed E-state index contributed by atoms with van der Waals surface area (Å²) in [5.41, 5.74) is 1.32. The molecular weight excluding hydrogens is 345 g/mol. The number of nitrogens with zero attached hydrogens (tertiary/aromatic N) is 2. The molecule has 2 aromatic rings. The van der Waals surface area contributed by atoms with Gasteiger partial charge in [0.2, 0.25) is 0 Å². The zero-order chi connectivity index (χ0) is 19.2. The van der Waals surface area contributed by atoms with Crippen LogP contribution in [-0.4, -0.2) is 24.1 Å². The number of nitriles is 1. The van der Waals surface area contributed by atoms with Crippen molar-refractivity contribution in [3.8, 4) is 11.8 Å². The molecule has 0 aromatic heterocycles. The number of amides is 1. The van der Waals surface area contributed by atoms with Gasteiger partial charge < -0.3 is 15.3 Å². The third-order valence-electron chi connectivity index (χ3n) is 4.47. The van der Waals surface area contributed by atoms with Crippen molar-refractivity contribution in [3.05, 3.63) is 59.4 Å². The summed E-state index contributed by atoms with van der Waals surface area (Å²) in [6.07, 6.45) is 4.63. The van der Waals surface area contributed by atoms with Crippen LogP contribution < -0.4 is 10.2 Å². The predicted molar refractivity (Wildman–Crippen MR) is 103 cm³/mol. The van der Waals surface area contributed by atoms with Crippen molar-refractivity contribution in [1.29, 1.82) is 5.26 Å². The molecule has 2 N–H and O–H groups in total. The van der Waals surface area contributed by atoms with E-state index in [-0.39, 0.29) is 17.1 Å². The van der Waals surface area contributed by atoms with Crippen LogP contribution in [0, 0.1) is 17.1 Å². The molecule has 2 aromatic carbocycles. The minimum absolute atomic E-state index is 0.0771. The van der Waals surface area contributed by atoms with Crippen molar-refractivity contribution in [2.45, 2.75) is 19.3 Å². The number of phenolic OH excluding ortho intramolecular Hbond substituents is 1. The van der Waals surface area contributed by atoms with Crippen LogP contribution >= 0.6 is 0 Å². The van der Waals surface area contributed by atoms with Crippen LogP contribution in [0.2, 0.25) is 0 Å². The largest absolute Gasteiger partial charge is 0.508 e. The van der Waals surface area contributed by atoms with Gasteiger partial charge in [-0.1, -0.05) is 6.07 Å². The first-order chi connectivity index (χ1) is 13.1. The Morgan fingerprint density at radius 3 is 2.48 bits per heavy atom. The van der Waals surface area contributed by atoms with Crippen LogP contribution in [0.4, 0.5) is 15.8 Å². The molecule has 0 radical (unpaired) electrons. The van der Waals surface area contributed by atoms with Crippen LogP contribution in [0.1, 0.15) is 24.8 Å². The molecule has 0 saturated carbocycles. The van der Waals surface area contributed by atoms with Gasteiger partial charge in [0.25, 0.3) is 5.91 Å². The fourth-order valence-corrected chi connectivity index (χ4v) is 3.06. The Morgan fingerprint density at radius 2 is 1.85 bits per heavy atom. The summed E-state index contributed by atoms with van der Waals surface area (Å²) in [6, 6.07) is 12.5. The van der Waals surface area contributed by atoms with Gasteiger partial charge in [0.15, 0.2) is 0 Å². The Labute approximate surface area is 157 Å². The van der Waals surface area contributed by atoms with E-state index in [0.29, 0.717) is 16.9 Å². The van der Waals surface area contributed by atoms with Gasteiger partial charge >= 0.3 is 0 Å². The number of carbonyl (C=O) groups excluding carboxylic acids is 1. The highest BCUT2D eigenvalue weighted by Crippen LogP contribution is 2.25. The highest BCUT2D eigenvalue weighted by molar-refractivity contribution is 6.09. The monoisotopic (exact) mass is 365 g/mol. The molecule has 138 valence electrons. The topological polar surface area (TPSA) is 76.4 Å². The van der Waals surface area contributed by atoms with Gasteiger partial charge in [-0.3, -0.25) is 4.79 Å². The zero-order valence-corrected chi connectivity index (χ0v) is 14.8. The molecule has 27 heavy (non-hydrogen) atoms. The van der Waals surface area contributed by atoms with Gasteiger partial charge in [-0.2, -0.15) is 5.26 Å². The number of nitrogens with one attached hydrogen (secondary N) is 1. The van der Waals surface area contributed by atoms with Crippen LogP contribution in [0.5, 0.6) is 5.75 Å². The van der Waals surface area contributed by atoms with E-state index in [0.717, 1.165) is 25.9 Å². The molecule has 5 nitrogen and oxygen atoms in total. The summed E-state index contributed by atoms with van der Waals surface area (Å²) in [5, 5.41) is 21.1. The zero-order valence-electron chi connectivity index (χ0n) is 14.8. The van der Waals surface area contributed by atoms with E-state index < -0.39 is 5.91 Å². The molecule has 1 aliphatic heterocycles. The van der Waals surface area contributed by atoms with Crippen molar-refractivity contribution in [3.63, 3.8) is 0 Å². The van der Waals surface area contributed by atoms with Crippen molar-refractivity contribution in [1.82, 2.24) is 0 Å². The molecule has 1 heterocycles. The minimum atomic E-state index is -0.594. The first-order valence-corrected chi connectivity index (χ1v) is 8.83. The van der Waals surface area contributed by atoms with Crippen LogP contribution in [0.15, 0.2) is 48.0 Å². The van der Waals surface area contributed by atoms with Gasteiger partial charge in [-0.15, -0.1) is 0 Å². The van der Waals surface area contributed by atoms with E-state index >= 15 is 0 Å². The summed E-state index contributed by atoms with van der Waals surface area (Å²) >= 11 is 0. The van der Waals surface area contributed by atoms with Gasteiger partial charge in [0.05, 0.1) is 5.69 Å². The number of piperidine rings is 1. The molecule has 1 aliphatic rings. The standard InChI is InChI=1S/C21H20FN3O2/c22-19-13-15(4-9-20(19)25-10-2-1-3-11-25)12-16(14-23)21(27)24-17-5-7-18(26)8-6-17/h4-9,12-13,26H,1-3,10-11H2,(H,24,27)/b16-12-. The van der Waals surface area contributed by atoms with Gasteiger partial charge in [-0.25, -0.2) is 4.39 Å². The smallest absolute Gasteiger partial charge is 0.266 e. The highest BCUT2D eigenvalue weighted by Gasteiger charge is 2.15. The predicted octanol–water partition coefficient (Wildman–Crippen LogP) is 4.07. The lowest BCUT2D eigenvalue weighted by atomic mass is 10.1. The second-order valence-electron chi connectivity index (χ2n) is 6.43. The maximum atomic E-state index is 14.5. The Kier molecular flexibility index (Phi) is 5.72. The number of phenols is 1. The van der Waals surface area contributed by atoms with E-state index in [4.69, 9.17) is 0 Å². The quantitative estimate of drug-likeness (QED) is 0.486. The third kappa shape index (κ3) is 4.64. The fraction of sp³-hybridized carbons (Fsp3) is 0.238. The van der Waals surface area contributed by atoms with Crippen LogP contribution in [0.3, 0.4) is 0 Å². The lowest BCUT2D eigenvalue weighted by molar-refractivity contribution is -0.112. The molecule has 1 fully saturated rings. The van der Waals surface area contributed by atoms with Gasteiger partial charge in [0, 0.05) is 18.8 Å². The molecule has 0 unspecified atom stereocenters. The maximum absolute atomic E-state index is 14.5. The van der Waals surface area contributed by atoms with E-state index in [1.807, 2.05) is 11.0 Å². The first kappa shape index (κ1) is 18.5. The first-order valence-electron chi connectivity index (χ1n) is 8.83. The Morgan fingerprint density at radius 1 is 1.15 bits per heavy atom. The molecule has 1 saturated heterocycles. The van der Waals surface area contributed by atoms with Crippen LogP contribution in [0.25, 0.3) is 6.08 Å². The van der Waals surface area contributed by atoms with E-state index in [2.05, 4.69) is 5.32 Å². The summed E-state index contributed by atoms with van der Waals surface area (Å²) in [6.45, 7) is 1.68. The minimum Gasteiger partial charge on any atom is -0.508 e. The van der Waals surface area contributed by atoms with Gasteiger partial charge in [0.1, 0.15) is 23.2 Å². The number of aromatic hydroxyl groups is 1. The number of carbonyl (C=O) groups is 1. The number of rotatable bonds is 4. The lowest BCUT2D eigenvalue weighted by Gasteiger charge is -2.29. The normalized spacial score (nSPS) is 14.5. The molecule has 1 amide bonds. The van der Waals surface area contributed by atoms with E-state index in [1.54, 1.807) is 12.1 Å². The number of hydrogen-bond donors (Lipinski definition) is 2. The van der Waals surface area contributed by atoms with Crippen molar-refractivity contribution in [2.24, 2.45) is 0 Å². The van der Waals surface area contributed by atoms with E-state index in [1.165, 1.54) is 42.8 Å². The Bertz CT molecular complexity index is 895. The number of halogens is 1. The molecular formula is C21H20FN3O2. The van der Waals surface area contributed by atoms with Crippen molar-refractivity contribution >= 4 is 23.4 Å². The summed E-state index contributed by atoms with van der Waals surface area (Å²) in [4.78, 5) is 14.3. The lowest BCUT2D eigenvalue weighted by Crippen LogP contribution is -2.30. The fourth-order valence-electron chi connectivity index (χ4n) is 3.06. The van der Waals surface area contributed by atoms with Crippen molar-refractivity contribution in [2.75, 3.05) is 23.3 Å². The van der Waals surface area contributed by atoms with Gasteiger partial charge in [-0.05, 0) is 67.3 Å². The van der Waals surface area contributed by atoms with E-state index in [9.17, 15) is 19.6 Å². The molecule has 6 heteroatoms. The Balaban J connectivity index is 1.76. The number of anilines is 2. The number of benzene rings is 2. The highest BCUT2D eigenvalue weighted by atomic mass is 19.1. The molecule has 3 rings (SSSR count).